The van der Waals surface area contributed by atoms with Crippen molar-refractivity contribution in [3.8, 4) is 11.4 Å². The zero-order valence-electron chi connectivity index (χ0n) is 13.3. The lowest BCUT2D eigenvalue weighted by molar-refractivity contribution is -0.112. The zero-order chi connectivity index (χ0) is 17.1. The third-order valence-electron chi connectivity index (χ3n) is 3.39. The standard InChI is InChI=1S/C17H16N6O/c1-11-3-12(2)5-13(4-11)17-21-10-23(22-17)8-15(16(18)24)14-6-19-9-20-7-14/h3-10H,1-2H3,(H2,18,24)/b15-8+. The summed E-state index contributed by atoms with van der Waals surface area (Å²) in [4.78, 5) is 23.8. The van der Waals surface area contributed by atoms with Crippen molar-refractivity contribution in [3.63, 3.8) is 0 Å². The summed E-state index contributed by atoms with van der Waals surface area (Å²) in [6.45, 7) is 4.04. The minimum absolute atomic E-state index is 0.257. The first kappa shape index (κ1) is 15.5. The number of hydrogen-bond acceptors (Lipinski definition) is 5. The Morgan fingerprint density at radius 2 is 1.79 bits per heavy atom. The number of carbonyl (C=O) groups excluding carboxylic acids is 1. The SMILES string of the molecule is Cc1cc(C)cc(-c2ncn(/C=C(/C(N)=O)c3cncnc3)n2)c1. The van der Waals surface area contributed by atoms with Gasteiger partial charge in [-0.25, -0.2) is 19.6 Å². The predicted octanol–water partition coefficient (Wildman–Crippen LogP) is 1.84. The van der Waals surface area contributed by atoms with Crippen molar-refractivity contribution in [2.45, 2.75) is 13.8 Å². The lowest BCUT2D eigenvalue weighted by Gasteiger charge is -2.02. The van der Waals surface area contributed by atoms with Gasteiger partial charge < -0.3 is 5.73 Å². The van der Waals surface area contributed by atoms with E-state index in [1.54, 1.807) is 0 Å². The van der Waals surface area contributed by atoms with Crippen LogP contribution in [-0.4, -0.2) is 30.6 Å². The van der Waals surface area contributed by atoms with Gasteiger partial charge in [0.2, 0.25) is 0 Å². The summed E-state index contributed by atoms with van der Waals surface area (Å²) in [5, 5.41) is 4.39. The predicted molar refractivity (Wildman–Crippen MR) is 90.3 cm³/mol. The van der Waals surface area contributed by atoms with E-state index in [2.05, 4.69) is 26.1 Å². The molecule has 0 radical (unpaired) electrons. The molecule has 2 heterocycles. The molecule has 3 rings (SSSR count). The maximum Gasteiger partial charge on any atom is 0.250 e. The fourth-order valence-electron chi connectivity index (χ4n) is 2.42. The maximum absolute atomic E-state index is 11.7. The number of nitrogens with two attached hydrogens (primary N) is 1. The lowest BCUT2D eigenvalue weighted by Crippen LogP contribution is -2.14. The largest absolute Gasteiger partial charge is 0.366 e. The number of primary amides is 1. The van der Waals surface area contributed by atoms with Gasteiger partial charge in [-0.3, -0.25) is 4.79 Å². The normalized spacial score (nSPS) is 11.5. The second kappa shape index (κ2) is 6.41. The molecule has 2 aromatic heterocycles. The molecule has 0 aliphatic heterocycles. The molecule has 0 spiro atoms. The van der Waals surface area contributed by atoms with Crippen LogP contribution in [0.1, 0.15) is 16.7 Å². The van der Waals surface area contributed by atoms with E-state index in [1.807, 2.05) is 26.0 Å². The smallest absolute Gasteiger partial charge is 0.250 e. The fourth-order valence-corrected chi connectivity index (χ4v) is 2.42. The van der Waals surface area contributed by atoms with E-state index in [0.717, 1.165) is 16.7 Å². The minimum Gasteiger partial charge on any atom is -0.366 e. The Hall–Kier alpha value is -3.35. The van der Waals surface area contributed by atoms with Crippen LogP contribution in [0.5, 0.6) is 0 Å². The minimum atomic E-state index is -0.590. The van der Waals surface area contributed by atoms with Crippen LogP contribution >= 0.6 is 0 Å². The average Bonchev–Trinajstić information content (AvgIpc) is 3.01. The fraction of sp³-hybridized carbons (Fsp3) is 0.118. The third-order valence-corrected chi connectivity index (χ3v) is 3.39. The molecule has 0 saturated carbocycles. The van der Waals surface area contributed by atoms with Gasteiger partial charge in [0, 0.05) is 29.7 Å². The van der Waals surface area contributed by atoms with Crippen LogP contribution < -0.4 is 5.73 Å². The highest BCUT2D eigenvalue weighted by Gasteiger charge is 2.11. The zero-order valence-corrected chi connectivity index (χ0v) is 13.3. The van der Waals surface area contributed by atoms with Crippen LogP contribution in [-0.2, 0) is 4.79 Å². The molecule has 1 aromatic carbocycles. The first-order valence-electron chi connectivity index (χ1n) is 7.30. The first-order chi connectivity index (χ1) is 11.5. The lowest BCUT2D eigenvalue weighted by atomic mass is 10.1. The highest BCUT2D eigenvalue weighted by atomic mass is 16.1. The van der Waals surface area contributed by atoms with Crippen molar-refractivity contribution in [1.29, 1.82) is 0 Å². The summed E-state index contributed by atoms with van der Waals surface area (Å²) < 4.78 is 1.46. The van der Waals surface area contributed by atoms with Gasteiger partial charge in [0.1, 0.15) is 12.7 Å². The molecule has 0 aliphatic rings. The molecule has 3 aromatic rings. The van der Waals surface area contributed by atoms with Crippen LogP contribution in [0.4, 0.5) is 0 Å². The van der Waals surface area contributed by atoms with Crippen LogP contribution in [0.3, 0.4) is 0 Å². The topological polar surface area (TPSA) is 99.6 Å². The quantitative estimate of drug-likeness (QED) is 0.739. The summed E-state index contributed by atoms with van der Waals surface area (Å²) in [6, 6.07) is 6.10. The summed E-state index contributed by atoms with van der Waals surface area (Å²) >= 11 is 0. The molecule has 0 saturated heterocycles. The van der Waals surface area contributed by atoms with Crippen molar-refractivity contribution < 1.29 is 4.79 Å². The monoisotopic (exact) mass is 320 g/mol. The number of benzene rings is 1. The van der Waals surface area contributed by atoms with Gasteiger partial charge in [-0.2, -0.15) is 0 Å². The molecule has 0 bridgehead atoms. The second-order valence-electron chi connectivity index (χ2n) is 5.46. The maximum atomic E-state index is 11.7. The molecular weight excluding hydrogens is 304 g/mol. The van der Waals surface area contributed by atoms with Gasteiger partial charge in [-0.15, -0.1) is 5.10 Å². The Labute approximate surface area is 138 Å². The van der Waals surface area contributed by atoms with Gasteiger partial charge in [-0.1, -0.05) is 17.2 Å². The van der Waals surface area contributed by atoms with E-state index in [-0.39, 0.29) is 5.57 Å². The second-order valence-corrected chi connectivity index (χ2v) is 5.46. The number of carbonyl (C=O) groups is 1. The molecule has 0 aliphatic carbocycles. The number of aromatic nitrogens is 5. The number of aryl methyl sites for hydroxylation is 2. The Balaban J connectivity index is 1.99. The number of nitrogens with zero attached hydrogens (tertiary/aromatic N) is 5. The summed E-state index contributed by atoms with van der Waals surface area (Å²) in [6.07, 6.45) is 7.46. The third kappa shape index (κ3) is 3.35. The molecule has 0 unspecified atom stereocenters. The van der Waals surface area contributed by atoms with E-state index in [0.29, 0.717) is 11.4 Å². The van der Waals surface area contributed by atoms with Crippen molar-refractivity contribution in [2.75, 3.05) is 0 Å². The molecule has 24 heavy (non-hydrogen) atoms. The number of rotatable bonds is 4. The highest BCUT2D eigenvalue weighted by Crippen LogP contribution is 2.19. The molecule has 120 valence electrons. The van der Waals surface area contributed by atoms with Crippen LogP contribution in [0.2, 0.25) is 0 Å². The van der Waals surface area contributed by atoms with E-state index in [4.69, 9.17) is 5.73 Å². The van der Waals surface area contributed by atoms with E-state index >= 15 is 0 Å². The van der Waals surface area contributed by atoms with Gasteiger partial charge >= 0.3 is 0 Å². The summed E-state index contributed by atoms with van der Waals surface area (Å²) in [7, 11) is 0. The molecule has 0 fully saturated rings. The van der Waals surface area contributed by atoms with Crippen LogP contribution in [0, 0.1) is 13.8 Å². The Kier molecular flexibility index (Phi) is 4.15. The number of hydrogen-bond donors (Lipinski definition) is 1. The average molecular weight is 320 g/mol. The van der Waals surface area contributed by atoms with Crippen LogP contribution in [0.15, 0.2) is 43.2 Å². The Morgan fingerprint density at radius 1 is 1.12 bits per heavy atom. The van der Waals surface area contributed by atoms with Gasteiger partial charge in [0.25, 0.3) is 5.91 Å². The Morgan fingerprint density at radius 3 is 2.42 bits per heavy atom. The molecule has 2 N–H and O–H groups in total. The molecular formula is C17H16N6O. The van der Waals surface area contributed by atoms with Crippen molar-refractivity contribution in [1.82, 2.24) is 24.7 Å². The number of amides is 1. The molecule has 7 nitrogen and oxygen atoms in total. The van der Waals surface area contributed by atoms with Gasteiger partial charge in [0.15, 0.2) is 5.82 Å². The van der Waals surface area contributed by atoms with Crippen molar-refractivity contribution in [2.24, 2.45) is 5.73 Å². The van der Waals surface area contributed by atoms with Gasteiger partial charge in [-0.05, 0) is 26.0 Å². The Bertz CT molecular complexity index is 894. The summed E-state index contributed by atoms with van der Waals surface area (Å²) in [5.41, 5.74) is 9.42. The van der Waals surface area contributed by atoms with Crippen molar-refractivity contribution >= 4 is 17.7 Å². The highest BCUT2D eigenvalue weighted by molar-refractivity contribution is 6.22. The molecule has 0 atom stereocenters. The van der Waals surface area contributed by atoms with E-state index in [1.165, 1.54) is 35.9 Å². The molecule has 1 amide bonds. The van der Waals surface area contributed by atoms with Crippen LogP contribution in [0.25, 0.3) is 23.2 Å². The van der Waals surface area contributed by atoms with E-state index in [9.17, 15) is 4.79 Å². The van der Waals surface area contributed by atoms with Crippen molar-refractivity contribution in [3.05, 3.63) is 59.9 Å². The van der Waals surface area contributed by atoms with Gasteiger partial charge in [0.05, 0.1) is 5.57 Å². The van der Waals surface area contributed by atoms with E-state index < -0.39 is 5.91 Å². The molecule has 7 heteroatoms. The first-order valence-corrected chi connectivity index (χ1v) is 7.30. The summed E-state index contributed by atoms with van der Waals surface area (Å²) in [5.74, 6) is -0.0144.